The Balaban J connectivity index is 2.71. The molecule has 0 radical (unpaired) electrons. The van der Waals surface area contributed by atoms with Crippen molar-refractivity contribution in [3.63, 3.8) is 0 Å². The summed E-state index contributed by atoms with van der Waals surface area (Å²) in [6, 6.07) is 7.03. The molecule has 1 rings (SSSR count). The van der Waals surface area contributed by atoms with Crippen molar-refractivity contribution < 1.29 is 19.1 Å². The van der Waals surface area contributed by atoms with Crippen molar-refractivity contribution in [1.82, 2.24) is 4.90 Å². The number of esters is 1. The van der Waals surface area contributed by atoms with E-state index in [2.05, 4.69) is 6.92 Å². The van der Waals surface area contributed by atoms with Crippen LogP contribution >= 0.6 is 0 Å². The van der Waals surface area contributed by atoms with Crippen LogP contribution in [-0.2, 0) is 9.53 Å². The van der Waals surface area contributed by atoms with E-state index >= 15 is 0 Å². The van der Waals surface area contributed by atoms with Crippen molar-refractivity contribution in [3.8, 4) is 5.75 Å². The van der Waals surface area contributed by atoms with E-state index in [1.807, 2.05) is 0 Å². The van der Waals surface area contributed by atoms with Crippen LogP contribution in [0, 0.1) is 0 Å². The van der Waals surface area contributed by atoms with Crippen LogP contribution in [0.3, 0.4) is 0 Å². The summed E-state index contributed by atoms with van der Waals surface area (Å²) in [4.78, 5) is 25.9. The minimum absolute atomic E-state index is 0.0620. The number of benzene rings is 1. The van der Waals surface area contributed by atoms with Crippen LogP contribution in [0.1, 0.15) is 49.9 Å². The van der Waals surface area contributed by atoms with E-state index in [4.69, 9.17) is 9.47 Å². The standard InChI is InChI=1S/C18H27NO4/c1-4-6-7-13-19(14-12-17(20)23-5-2)18(21)15-8-10-16(22-3)11-9-15/h8-11H,4-7,12-14H2,1-3H3. The highest BCUT2D eigenvalue weighted by Crippen LogP contribution is 2.14. The summed E-state index contributed by atoms with van der Waals surface area (Å²) < 4.78 is 10.0. The highest BCUT2D eigenvalue weighted by Gasteiger charge is 2.17. The van der Waals surface area contributed by atoms with Gasteiger partial charge in [0, 0.05) is 18.7 Å². The number of carbonyl (C=O) groups is 2. The quantitative estimate of drug-likeness (QED) is 0.490. The average Bonchev–Trinajstić information content (AvgIpc) is 2.57. The summed E-state index contributed by atoms with van der Waals surface area (Å²) in [7, 11) is 1.59. The number of unbranched alkanes of at least 4 members (excludes halogenated alkanes) is 2. The van der Waals surface area contributed by atoms with Crippen molar-refractivity contribution in [3.05, 3.63) is 29.8 Å². The predicted octanol–water partition coefficient (Wildman–Crippen LogP) is 3.28. The first kappa shape index (κ1) is 19.0. The van der Waals surface area contributed by atoms with Gasteiger partial charge in [0.15, 0.2) is 0 Å². The maximum absolute atomic E-state index is 12.6. The second-order valence-corrected chi connectivity index (χ2v) is 5.28. The minimum Gasteiger partial charge on any atom is -0.497 e. The van der Waals surface area contributed by atoms with Crippen molar-refractivity contribution in [2.45, 2.75) is 39.5 Å². The van der Waals surface area contributed by atoms with Crippen LogP contribution in [-0.4, -0.2) is 43.6 Å². The van der Waals surface area contributed by atoms with E-state index in [-0.39, 0.29) is 18.3 Å². The molecule has 1 amide bonds. The first-order valence-electron chi connectivity index (χ1n) is 8.21. The smallest absolute Gasteiger partial charge is 0.307 e. The van der Waals surface area contributed by atoms with E-state index in [1.54, 1.807) is 43.2 Å². The van der Waals surface area contributed by atoms with Gasteiger partial charge < -0.3 is 14.4 Å². The molecular weight excluding hydrogens is 294 g/mol. The lowest BCUT2D eigenvalue weighted by Crippen LogP contribution is -2.34. The molecule has 0 N–H and O–H groups in total. The highest BCUT2D eigenvalue weighted by molar-refractivity contribution is 5.94. The molecule has 0 aromatic heterocycles. The normalized spacial score (nSPS) is 10.2. The lowest BCUT2D eigenvalue weighted by atomic mass is 10.1. The van der Waals surface area contributed by atoms with Crippen LogP contribution < -0.4 is 4.74 Å². The number of hydrogen-bond donors (Lipinski definition) is 0. The van der Waals surface area contributed by atoms with Crippen molar-refractivity contribution in [2.24, 2.45) is 0 Å². The first-order valence-corrected chi connectivity index (χ1v) is 8.21. The van der Waals surface area contributed by atoms with Crippen molar-refractivity contribution >= 4 is 11.9 Å². The molecule has 0 saturated carbocycles. The molecule has 1 aromatic carbocycles. The molecule has 5 heteroatoms. The van der Waals surface area contributed by atoms with E-state index in [9.17, 15) is 9.59 Å². The maximum atomic E-state index is 12.6. The molecule has 0 bridgehead atoms. The van der Waals surface area contributed by atoms with Crippen molar-refractivity contribution in [2.75, 3.05) is 26.8 Å². The van der Waals surface area contributed by atoms with Gasteiger partial charge in [0.2, 0.25) is 0 Å². The zero-order valence-corrected chi connectivity index (χ0v) is 14.3. The summed E-state index contributed by atoms with van der Waals surface area (Å²) in [5, 5.41) is 0. The van der Waals surface area contributed by atoms with Gasteiger partial charge in [0.1, 0.15) is 5.75 Å². The lowest BCUT2D eigenvalue weighted by molar-refractivity contribution is -0.143. The maximum Gasteiger partial charge on any atom is 0.307 e. The number of nitrogens with zero attached hydrogens (tertiary/aromatic N) is 1. The Labute approximate surface area is 138 Å². The largest absolute Gasteiger partial charge is 0.497 e. The number of methoxy groups -OCH3 is 1. The van der Waals surface area contributed by atoms with Gasteiger partial charge in [-0.1, -0.05) is 19.8 Å². The molecule has 0 saturated heterocycles. The molecule has 1 aromatic rings. The molecule has 0 aliphatic rings. The molecule has 0 atom stereocenters. The predicted molar refractivity (Wildman–Crippen MR) is 89.7 cm³/mol. The average molecular weight is 321 g/mol. The third-order valence-electron chi connectivity index (χ3n) is 3.55. The third-order valence-corrected chi connectivity index (χ3v) is 3.55. The molecule has 23 heavy (non-hydrogen) atoms. The Morgan fingerprint density at radius 3 is 2.30 bits per heavy atom. The first-order chi connectivity index (χ1) is 11.1. The summed E-state index contributed by atoms with van der Waals surface area (Å²) in [6.45, 7) is 5.29. The van der Waals surface area contributed by atoms with Crippen LogP contribution in [0.15, 0.2) is 24.3 Å². The summed E-state index contributed by atoms with van der Waals surface area (Å²) in [6.07, 6.45) is 3.30. The number of amides is 1. The monoisotopic (exact) mass is 321 g/mol. The molecular formula is C18H27NO4. The number of rotatable bonds is 10. The fourth-order valence-corrected chi connectivity index (χ4v) is 2.24. The van der Waals surface area contributed by atoms with Crippen LogP contribution in [0.2, 0.25) is 0 Å². The SMILES string of the molecule is CCCCCN(CCC(=O)OCC)C(=O)c1ccc(OC)cc1. The van der Waals surface area contributed by atoms with E-state index in [0.29, 0.717) is 31.0 Å². The van der Waals surface area contributed by atoms with Gasteiger partial charge in [-0.05, 0) is 37.6 Å². The highest BCUT2D eigenvalue weighted by atomic mass is 16.5. The van der Waals surface area contributed by atoms with Gasteiger partial charge in [-0.25, -0.2) is 0 Å². The molecule has 0 heterocycles. The van der Waals surface area contributed by atoms with Gasteiger partial charge in [-0.3, -0.25) is 9.59 Å². The third kappa shape index (κ3) is 6.72. The van der Waals surface area contributed by atoms with Crippen LogP contribution in [0.4, 0.5) is 0 Å². The molecule has 0 spiro atoms. The fraction of sp³-hybridized carbons (Fsp3) is 0.556. The molecule has 0 fully saturated rings. The Bertz CT molecular complexity index is 484. The van der Waals surface area contributed by atoms with Gasteiger partial charge in [-0.2, -0.15) is 0 Å². The minimum atomic E-state index is -0.268. The summed E-state index contributed by atoms with van der Waals surface area (Å²) >= 11 is 0. The Hall–Kier alpha value is -2.04. The van der Waals surface area contributed by atoms with Crippen LogP contribution in [0.5, 0.6) is 5.75 Å². The summed E-state index contributed by atoms with van der Waals surface area (Å²) in [5.41, 5.74) is 0.603. The molecule has 0 aliphatic carbocycles. The second kappa shape index (κ2) is 10.6. The van der Waals surface area contributed by atoms with E-state index in [1.165, 1.54) is 0 Å². The topological polar surface area (TPSA) is 55.8 Å². The zero-order valence-electron chi connectivity index (χ0n) is 14.3. The fourth-order valence-electron chi connectivity index (χ4n) is 2.24. The molecule has 0 unspecified atom stereocenters. The lowest BCUT2D eigenvalue weighted by Gasteiger charge is -2.22. The molecule has 128 valence electrons. The van der Waals surface area contributed by atoms with Crippen molar-refractivity contribution in [1.29, 1.82) is 0 Å². The number of hydrogen-bond acceptors (Lipinski definition) is 4. The Morgan fingerprint density at radius 1 is 1.04 bits per heavy atom. The van der Waals surface area contributed by atoms with Gasteiger partial charge in [0.05, 0.1) is 20.1 Å². The van der Waals surface area contributed by atoms with Gasteiger partial charge in [0.25, 0.3) is 5.91 Å². The molecule has 0 aliphatic heterocycles. The van der Waals surface area contributed by atoms with Gasteiger partial charge >= 0.3 is 5.97 Å². The number of ether oxygens (including phenoxy) is 2. The Kier molecular flexibility index (Phi) is 8.80. The van der Waals surface area contributed by atoms with E-state index in [0.717, 1.165) is 19.3 Å². The second-order valence-electron chi connectivity index (χ2n) is 5.28. The molecule has 5 nitrogen and oxygen atoms in total. The number of carbonyl (C=O) groups excluding carboxylic acids is 2. The van der Waals surface area contributed by atoms with Crippen LogP contribution in [0.25, 0.3) is 0 Å². The summed E-state index contributed by atoms with van der Waals surface area (Å²) in [5.74, 6) is 0.384. The van der Waals surface area contributed by atoms with Gasteiger partial charge in [-0.15, -0.1) is 0 Å². The Morgan fingerprint density at radius 2 is 1.74 bits per heavy atom. The zero-order chi connectivity index (χ0) is 17.1. The van der Waals surface area contributed by atoms with E-state index < -0.39 is 0 Å².